The van der Waals surface area contributed by atoms with Crippen LogP contribution in [0, 0.1) is 0 Å². The molecule has 0 spiro atoms. The summed E-state index contributed by atoms with van der Waals surface area (Å²) in [7, 11) is 0. The average molecular weight is 440 g/mol. The van der Waals surface area contributed by atoms with E-state index in [1.165, 1.54) is 6.21 Å². The minimum absolute atomic E-state index is 0.411. The van der Waals surface area contributed by atoms with Crippen LogP contribution >= 0.6 is 24.4 Å². The molecule has 0 saturated carbocycles. The fourth-order valence-corrected chi connectivity index (χ4v) is 2.94. The second-order valence-electron chi connectivity index (χ2n) is 6.82. The average Bonchev–Trinajstić information content (AvgIpc) is 3.11. The summed E-state index contributed by atoms with van der Waals surface area (Å²) in [4.78, 5) is 2.35. The lowest BCUT2D eigenvalue weighted by atomic mass is 10.2. The maximum Gasteiger partial charge on any atom is 0.186 e. The van der Waals surface area contributed by atoms with Crippen molar-refractivity contribution in [2.75, 3.05) is 13.1 Å². The van der Waals surface area contributed by atoms with Crippen LogP contribution in [0.4, 0.5) is 0 Å². The van der Waals surface area contributed by atoms with E-state index in [0.29, 0.717) is 53.4 Å². The van der Waals surface area contributed by atoms with E-state index in [0.717, 1.165) is 5.76 Å². The van der Waals surface area contributed by atoms with Gasteiger partial charge in [-0.1, -0.05) is 0 Å². The molecular weight excluding hydrogens is 406 g/mol. The van der Waals surface area contributed by atoms with E-state index < -0.39 is 0 Å². The Morgan fingerprint density at radius 3 is 2.17 bits per heavy atom. The van der Waals surface area contributed by atoms with Crippen molar-refractivity contribution in [3.63, 3.8) is 0 Å². The first-order valence-corrected chi connectivity index (χ1v) is 10.6. The second kappa shape index (κ2) is 13.2. The van der Waals surface area contributed by atoms with Gasteiger partial charge in [0.25, 0.3) is 0 Å². The molecule has 10 heteroatoms. The van der Waals surface area contributed by atoms with Crippen LogP contribution in [0.1, 0.15) is 53.1 Å². The number of thiocarbonyl (C=S) groups is 2. The fourth-order valence-electron chi connectivity index (χ4n) is 2.55. The molecule has 0 unspecified atom stereocenters. The third-order valence-electron chi connectivity index (χ3n) is 3.88. The van der Waals surface area contributed by atoms with Crippen molar-refractivity contribution in [3.8, 4) is 0 Å². The maximum absolute atomic E-state index is 6.03. The Balaban J connectivity index is 2.99. The summed E-state index contributed by atoms with van der Waals surface area (Å²) >= 11 is 10.3. The summed E-state index contributed by atoms with van der Waals surface area (Å²) in [5.41, 5.74) is 6.04. The first kappa shape index (κ1) is 25.0. The largest absolute Gasteiger partial charge is 0.458 e. The van der Waals surface area contributed by atoms with Crippen molar-refractivity contribution in [2.45, 2.75) is 60.2 Å². The molecule has 0 bridgehead atoms. The molecule has 1 aromatic rings. The predicted molar refractivity (Wildman–Crippen MR) is 128 cm³/mol. The molecule has 1 rings (SSSR count). The monoisotopic (exact) mass is 439 g/mol. The molecule has 1 aromatic heterocycles. The SMILES string of the molecule is CCNC(=S)N/N=C/C(=N\NC(=S)NCC)c1ccc(CN(C(C)C)C(C)C)o1. The van der Waals surface area contributed by atoms with Crippen LogP contribution < -0.4 is 21.5 Å². The van der Waals surface area contributed by atoms with Crippen molar-refractivity contribution in [1.82, 2.24) is 26.4 Å². The minimum atomic E-state index is 0.411. The number of furan rings is 1. The molecule has 0 saturated heterocycles. The van der Waals surface area contributed by atoms with E-state index >= 15 is 0 Å². The van der Waals surface area contributed by atoms with Crippen molar-refractivity contribution < 1.29 is 4.42 Å². The van der Waals surface area contributed by atoms with Gasteiger partial charge >= 0.3 is 0 Å². The van der Waals surface area contributed by atoms with Gasteiger partial charge in [-0.2, -0.15) is 10.2 Å². The molecular formula is C19H33N7OS2. The van der Waals surface area contributed by atoms with E-state index in [2.05, 4.69) is 64.3 Å². The van der Waals surface area contributed by atoms with Crippen LogP contribution in [-0.4, -0.2) is 52.2 Å². The Bertz CT molecular complexity index is 705. The van der Waals surface area contributed by atoms with E-state index in [1.807, 2.05) is 26.0 Å². The number of rotatable bonds is 10. The van der Waals surface area contributed by atoms with Gasteiger partial charge in [0.15, 0.2) is 16.0 Å². The number of nitrogens with one attached hydrogen (secondary N) is 4. The molecule has 4 N–H and O–H groups in total. The number of hydrogen-bond acceptors (Lipinski definition) is 6. The summed E-state index contributed by atoms with van der Waals surface area (Å²) < 4.78 is 6.03. The molecule has 8 nitrogen and oxygen atoms in total. The number of nitrogens with zero attached hydrogens (tertiary/aromatic N) is 3. The lowest BCUT2D eigenvalue weighted by Gasteiger charge is -2.29. The van der Waals surface area contributed by atoms with Crippen molar-refractivity contribution in [3.05, 3.63) is 23.7 Å². The van der Waals surface area contributed by atoms with Gasteiger partial charge in [0.05, 0.1) is 12.8 Å². The molecule has 0 aliphatic rings. The van der Waals surface area contributed by atoms with Gasteiger partial charge in [0, 0.05) is 25.2 Å². The molecule has 1 heterocycles. The molecule has 0 aliphatic heterocycles. The summed E-state index contributed by atoms with van der Waals surface area (Å²) in [6, 6.07) is 4.65. The van der Waals surface area contributed by atoms with Gasteiger partial charge in [-0.05, 0) is 78.1 Å². The minimum Gasteiger partial charge on any atom is -0.458 e. The maximum atomic E-state index is 6.03. The first-order valence-electron chi connectivity index (χ1n) is 9.81. The fraction of sp³-hybridized carbons (Fsp3) is 0.579. The zero-order chi connectivity index (χ0) is 21.8. The van der Waals surface area contributed by atoms with Gasteiger partial charge in [-0.25, -0.2) is 0 Å². The Hall–Kier alpha value is -2.04. The normalized spacial score (nSPS) is 12.1. The molecule has 0 atom stereocenters. The van der Waals surface area contributed by atoms with Crippen molar-refractivity contribution >= 4 is 46.6 Å². The molecule has 29 heavy (non-hydrogen) atoms. The quantitative estimate of drug-likeness (QED) is 0.251. The number of hydrogen-bond donors (Lipinski definition) is 4. The van der Waals surface area contributed by atoms with Gasteiger partial charge in [-0.15, -0.1) is 0 Å². The molecule has 0 aliphatic carbocycles. The van der Waals surface area contributed by atoms with Gasteiger partial charge < -0.3 is 15.1 Å². The van der Waals surface area contributed by atoms with Crippen LogP contribution in [0.3, 0.4) is 0 Å². The van der Waals surface area contributed by atoms with E-state index in [-0.39, 0.29) is 0 Å². The predicted octanol–water partition coefficient (Wildman–Crippen LogP) is 2.56. The van der Waals surface area contributed by atoms with Crippen molar-refractivity contribution in [2.24, 2.45) is 10.2 Å². The van der Waals surface area contributed by atoms with Crippen LogP contribution in [0.2, 0.25) is 0 Å². The first-order chi connectivity index (χ1) is 13.8. The Kier molecular flexibility index (Phi) is 11.4. The molecule has 162 valence electrons. The summed E-state index contributed by atoms with van der Waals surface area (Å²) in [5.74, 6) is 1.44. The van der Waals surface area contributed by atoms with Gasteiger partial charge in [-0.3, -0.25) is 15.8 Å². The Labute approximate surface area is 184 Å². The van der Waals surface area contributed by atoms with Crippen LogP contribution in [0.25, 0.3) is 0 Å². The molecule has 0 fully saturated rings. The summed E-state index contributed by atoms with van der Waals surface area (Å²) in [5, 5.41) is 15.3. The number of hydrazone groups is 2. The van der Waals surface area contributed by atoms with Gasteiger partial charge in [0.2, 0.25) is 0 Å². The summed E-state index contributed by atoms with van der Waals surface area (Å²) in [6.07, 6.45) is 1.54. The van der Waals surface area contributed by atoms with Crippen molar-refractivity contribution in [1.29, 1.82) is 0 Å². The highest BCUT2D eigenvalue weighted by atomic mass is 32.1. The third-order valence-corrected chi connectivity index (χ3v) is 4.36. The third kappa shape index (κ3) is 9.33. The second-order valence-corrected chi connectivity index (χ2v) is 7.64. The van der Waals surface area contributed by atoms with E-state index in [9.17, 15) is 0 Å². The zero-order valence-electron chi connectivity index (χ0n) is 18.1. The highest BCUT2D eigenvalue weighted by Gasteiger charge is 2.17. The molecule has 0 aromatic carbocycles. The highest BCUT2D eigenvalue weighted by Crippen LogP contribution is 2.15. The smallest absolute Gasteiger partial charge is 0.186 e. The molecule has 0 amide bonds. The Morgan fingerprint density at radius 2 is 1.62 bits per heavy atom. The topological polar surface area (TPSA) is 89.2 Å². The summed E-state index contributed by atoms with van der Waals surface area (Å²) in [6.45, 7) is 14.7. The highest BCUT2D eigenvalue weighted by molar-refractivity contribution is 7.80. The van der Waals surface area contributed by atoms with E-state index in [1.54, 1.807) is 0 Å². The van der Waals surface area contributed by atoms with Crippen LogP contribution in [0.5, 0.6) is 0 Å². The standard InChI is InChI=1S/C19H33N7OS2/c1-7-20-18(28)24-22-11-16(23-25-19(29)21-8-2)17-10-9-15(27-17)12-26(13(3)4)14(5)6/h9-11,13-14H,7-8,12H2,1-6H3,(H2,20,24,28)(H2,21,25,29)/b22-11+,23-16+. The van der Waals surface area contributed by atoms with Gasteiger partial charge in [0.1, 0.15) is 11.5 Å². The van der Waals surface area contributed by atoms with E-state index in [4.69, 9.17) is 28.9 Å². The van der Waals surface area contributed by atoms with Crippen LogP contribution in [-0.2, 0) is 6.54 Å². The lowest BCUT2D eigenvalue weighted by molar-refractivity contribution is 0.153. The Morgan fingerprint density at radius 1 is 1.03 bits per heavy atom. The lowest BCUT2D eigenvalue weighted by Crippen LogP contribution is -2.36. The zero-order valence-corrected chi connectivity index (χ0v) is 19.7. The van der Waals surface area contributed by atoms with Crippen LogP contribution in [0.15, 0.2) is 26.8 Å². The molecule has 0 radical (unpaired) electrons.